The van der Waals surface area contributed by atoms with Crippen LogP contribution in [0.3, 0.4) is 0 Å². The standard InChI is InChI=1S/C27H34N4O2/c1-3-18(4-2)15-25(32)20-7-5-8-22(16-20)30-24-12-11-21(17-23(24)19-9-10-19)26(33)31-27-28-13-6-14-29-27/h5,7-8,11-12,16-19,30H,3-4,6,9-10,13-15H2,1-2H3,(H2,28,29,31,33). The molecule has 6 heteroatoms. The molecule has 1 amide bonds. The summed E-state index contributed by atoms with van der Waals surface area (Å²) in [5.41, 5.74) is 4.41. The zero-order valence-corrected chi connectivity index (χ0v) is 19.6. The third-order valence-electron chi connectivity index (χ3n) is 6.55. The molecular weight excluding hydrogens is 412 g/mol. The van der Waals surface area contributed by atoms with Crippen molar-refractivity contribution in [1.29, 1.82) is 0 Å². The quantitative estimate of drug-likeness (QED) is 0.451. The fourth-order valence-electron chi connectivity index (χ4n) is 4.23. The third kappa shape index (κ3) is 6.01. The van der Waals surface area contributed by atoms with Gasteiger partial charge in [0.05, 0.1) is 0 Å². The predicted octanol–water partition coefficient (Wildman–Crippen LogP) is 5.40. The molecule has 0 atom stereocenters. The molecule has 4 rings (SSSR count). The normalized spacial score (nSPS) is 15.5. The van der Waals surface area contributed by atoms with Crippen molar-refractivity contribution in [2.24, 2.45) is 10.9 Å². The van der Waals surface area contributed by atoms with Gasteiger partial charge in [0, 0.05) is 42.0 Å². The maximum atomic E-state index is 12.8. The maximum Gasteiger partial charge on any atom is 0.257 e. The van der Waals surface area contributed by atoms with Gasteiger partial charge >= 0.3 is 0 Å². The Morgan fingerprint density at radius 3 is 2.61 bits per heavy atom. The number of guanidine groups is 1. The second kappa shape index (κ2) is 10.6. The zero-order chi connectivity index (χ0) is 23.2. The van der Waals surface area contributed by atoms with Gasteiger partial charge in [-0.1, -0.05) is 38.8 Å². The Labute approximate surface area is 196 Å². The van der Waals surface area contributed by atoms with Gasteiger partial charge < -0.3 is 10.6 Å². The molecule has 33 heavy (non-hydrogen) atoms. The fourth-order valence-corrected chi connectivity index (χ4v) is 4.23. The molecule has 1 aliphatic carbocycles. The van der Waals surface area contributed by atoms with Crippen LogP contribution in [0.1, 0.15) is 84.6 Å². The lowest BCUT2D eigenvalue weighted by molar-refractivity contribution is 0.0955. The van der Waals surface area contributed by atoms with Gasteiger partial charge in [-0.25, -0.2) is 0 Å². The summed E-state index contributed by atoms with van der Waals surface area (Å²) >= 11 is 0. The molecule has 0 radical (unpaired) electrons. The van der Waals surface area contributed by atoms with Crippen LogP contribution in [0.5, 0.6) is 0 Å². The highest BCUT2D eigenvalue weighted by molar-refractivity contribution is 6.06. The number of hydrogen-bond acceptors (Lipinski definition) is 5. The van der Waals surface area contributed by atoms with E-state index in [4.69, 9.17) is 0 Å². The number of rotatable bonds is 9. The fraction of sp³-hybridized carbons (Fsp3) is 0.444. The van der Waals surface area contributed by atoms with Gasteiger partial charge in [0.2, 0.25) is 0 Å². The van der Waals surface area contributed by atoms with Crippen molar-refractivity contribution >= 4 is 29.0 Å². The Morgan fingerprint density at radius 2 is 1.91 bits per heavy atom. The van der Waals surface area contributed by atoms with E-state index in [0.717, 1.165) is 67.7 Å². The van der Waals surface area contributed by atoms with E-state index in [-0.39, 0.29) is 11.7 Å². The van der Waals surface area contributed by atoms with Gasteiger partial charge in [-0.2, -0.15) is 0 Å². The molecule has 0 unspecified atom stereocenters. The van der Waals surface area contributed by atoms with E-state index in [9.17, 15) is 9.59 Å². The summed E-state index contributed by atoms with van der Waals surface area (Å²) in [6.45, 7) is 5.84. The average Bonchev–Trinajstić information content (AvgIpc) is 3.69. The number of aliphatic imine (C=N–C) groups is 1. The first-order chi connectivity index (χ1) is 16.1. The van der Waals surface area contributed by atoms with Gasteiger partial charge in [0.15, 0.2) is 11.7 Å². The highest BCUT2D eigenvalue weighted by Gasteiger charge is 2.27. The van der Waals surface area contributed by atoms with Crippen LogP contribution in [-0.4, -0.2) is 30.7 Å². The Kier molecular flexibility index (Phi) is 7.43. The lowest BCUT2D eigenvalue weighted by Crippen LogP contribution is -2.43. The Hall–Kier alpha value is -3.15. The van der Waals surface area contributed by atoms with Crippen molar-refractivity contribution in [3.8, 4) is 0 Å². The monoisotopic (exact) mass is 446 g/mol. The predicted molar refractivity (Wildman–Crippen MR) is 134 cm³/mol. The maximum absolute atomic E-state index is 12.8. The van der Waals surface area contributed by atoms with E-state index in [0.29, 0.717) is 29.8 Å². The topological polar surface area (TPSA) is 82.6 Å². The Bertz CT molecular complexity index is 1040. The van der Waals surface area contributed by atoms with Gasteiger partial charge in [0.25, 0.3) is 5.91 Å². The summed E-state index contributed by atoms with van der Waals surface area (Å²) in [4.78, 5) is 29.8. The molecule has 0 saturated heterocycles. The number of ketones is 1. The van der Waals surface area contributed by atoms with Gasteiger partial charge in [0.1, 0.15) is 0 Å². The van der Waals surface area contributed by atoms with Crippen LogP contribution in [0, 0.1) is 5.92 Å². The van der Waals surface area contributed by atoms with Crippen LogP contribution in [0.4, 0.5) is 11.4 Å². The number of Topliss-reactive ketones (excluding diaryl/α,β-unsaturated/α-hetero) is 1. The molecule has 6 nitrogen and oxygen atoms in total. The number of benzene rings is 2. The van der Waals surface area contributed by atoms with Crippen LogP contribution in [0.25, 0.3) is 0 Å². The molecule has 0 aromatic heterocycles. The summed E-state index contributed by atoms with van der Waals surface area (Å²) in [5, 5.41) is 9.50. The van der Waals surface area contributed by atoms with E-state index in [1.807, 2.05) is 42.5 Å². The van der Waals surface area contributed by atoms with E-state index in [2.05, 4.69) is 34.8 Å². The SMILES string of the molecule is CCC(CC)CC(=O)c1cccc(Nc2ccc(C(=O)NC3=NCCCN3)cc2C2CC2)c1. The second-order valence-corrected chi connectivity index (χ2v) is 9.06. The average molecular weight is 447 g/mol. The smallest absolute Gasteiger partial charge is 0.257 e. The molecule has 0 spiro atoms. The third-order valence-corrected chi connectivity index (χ3v) is 6.55. The first kappa shape index (κ1) is 23.0. The zero-order valence-electron chi connectivity index (χ0n) is 19.6. The lowest BCUT2D eigenvalue weighted by Gasteiger charge is -2.17. The minimum Gasteiger partial charge on any atom is -0.356 e. The number of nitrogens with zero attached hydrogens (tertiary/aromatic N) is 1. The van der Waals surface area contributed by atoms with Crippen molar-refractivity contribution < 1.29 is 9.59 Å². The molecule has 1 saturated carbocycles. The number of carbonyl (C=O) groups is 2. The molecule has 1 aliphatic heterocycles. The van der Waals surface area contributed by atoms with Gasteiger partial charge in [-0.3, -0.25) is 19.9 Å². The summed E-state index contributed by atoms with van der Waals surface area (Å²) in [5.74, 6) is 1.50. The molecule has 3 N–H and O–H groups in total. The van der Waals surface area contributed by atoms with Crippen LogP contribution >= 0.6 is 0 Å². The van der Waals surface area contributed by atoms with E-state index >= 15 is 0 Å². The van der Waals surface area contributed by atoms with Gasteiger partial charge in [-0.05, 0) is 67.0 Å². The first-order valence-electron chi connectivity index (χ1n) is 12.2. The molecule has 2 aromatic rings. The van der Waals surface area contributed by atoms with Crippen LogP contribution in [0.15, 0.2) is 47.5 Å². The van der Waals surface area contributed by atoms with Crippen molar-refractivity contribution in [2.75, 3.05) is 18.4 Å². The van der Waals surface area contributed by atoms with E-state index in [1.165, 1.54) is 0 Å². The molecule has 174 valence electrons. The Balaban J connectivity index is 1.49. The second-order valence-electron chi connectivity index (χ2n) is 9.06. The van der Waals surface area contributed by atoms with Crippen molar-refractivity contribution in [1.82, 2.24) is 10.6 Å². The molecule has 2 aromatic carbocycles. The highest BCUT2D eigenvalue weighted by Crippen LogP contribution is 2.44. The number of amides is 1. The number of carbonyl (C=O) groups excluding carboxylic acids is 2. The highest BCUT2D eigenvalue weighted by atomic mass is 16.2. The summed E-state index contributed by atoms with van der Waals surface area (Å²) in [6, 6.07) is 13.5. The van der Waals surface area contributed by atoms with E-state index < -0.39 is 0 Å². The summed E-state index contributed by atoms with van der Waals surface area (Å²) in [6.07, 6.45) is 5.87. The number of hydrogen-bond donors (Lipinski definition) is 3. The molecule has 0 bridgehead atoms. The summed E-state index contributed by atoms with van der Waals surface area (Å²) in [7, 11) is 0. The Morgan fingerprint density at radius 1 is 1.09 bits per heavy atom. The van der Waals surface area contributed by atoms with Crippen molar-refractivity contribution in [3.63, 3.8) is 0 Å². The van der Waals surface area contributed by atoms with Crippen molar-refractivity contribution in [2.45, 2.75) is 58.3 Å². The molecule has 1 heterocycles. The van der Waals surface area contributed by atoms with Crippen molar-refractivity contribution in [3.05, 3.63) is 59.2 Å². The number of nitrogens with one attached hydrogen (secondary N) is 3. The number of anilines is 2. The largest absolute Gasteiger partial charge is 0.356 e. The van der Waals surface area contributed by atoms with Gasteiger partial charge in [-0.15, -0.1) is 0 Å². The lowest BCUT2D eigenvalue weighted by atomic mass is 9.94. The molecular formula is C27H34N4O2. The minimum atomic E-state index is -0.148. The molecule has 1 fully saturated rings. The first-order valence-corrected chi connectivity index (χ1v) is 12.2. The van der Waals surface area contributed by atoms with Crippen LogP contribution in [-0.2, 0) is 0 Å². The minimum absolute atomic E-state index is 0.148. The van der Waals surface area contributed by atoms with Crippen LogP contribution < -0.4 is 16.0 Å². The summed E-state index contributed by atoms with van der Waals surface area (Å²) < 4.78 is 0. The van der Waals surface area contributed by atoms with Crippen LogP contribution in [0.2, 0.25) is 0 Å². The van der Waals surface area contributed by atoms with E-state index in [1.54, 1.807) is 0 Å². The molecule has 2 aliphatic rings.